The van der Waals surface area contributed by atoms with Crippen LogP contribution in [0.1, 0.15) is 52.9 Å². The van der Waals surface area contributed by atoms with Crippen LogP contribution in [0.25, 0.3) is 0 Å². The van der Waals surface area contributed by atoms with Gasteiger partial charge in [0, 0.05) is 5.56 Å². The Morgan fingerprint density at radius 1 is 1.00 bits per heavy atom. The first kappa shape index (κ1) is 20.6. The Balaban J connectivity index is 1.41. The largest absolute Gasteiger partial charge is 0.454 e. The summed E-state index contributed by atoms with van der Waals surface area (Å²) >= 11 is 0. The molecule has 0 spiro atoms. The highest BCUT2D eigenvalue weighted by Gasteiger charge is 2.15. The van der Waals surface area contributed by atoms with E-state index in [1.165, 1.54) is 24.0 Å². The molecule has 1 atom stereocenters. The molecule has 152 valence electrons. The molecule has 0 aromatic heterocycles. The Bertz CT molecular complexity index is 880. The van der Waals surface area contributed by atoms with Gasteiger partial charge >= 0.3 is 5.97 Å². The predicted octanol–water partition coefficient (Wildman–Crippen LogP) is 2.72. The van der Waals surface area contributed by atoms with Crippen molar-refractivity contribution in [1.82, 2.24) is 10.6 Å². The summed E-state index contributed by atoms with van der Waals surface area (Å²) in [5.41, 5.74) is 4.25. The van der Waals surface area contributed by atoms with Crippen molar-refractivity contribution >= 4 is 17.8 Å². The predicted molar refractivity (Wildman–Crippen MR) is 109 cm³/mol. The van der Waals surface area contributed by atoms with Crippen LogP contribution < -0.4 is 10.6 Å². The summed E-state index contributed by atoms with van der Waals surface area (Å²) in [7, 11) is 0. The normalized spacial score (nSPS) is 13.7. The molecule has 0 aliphatic heterocycles. The first-order chi connectivity index (χ1) is 14.0. The first-order valence-electron chi connectivity index (χ1n) is 9.93. The van der Waals surface area contributed by atoms with E-state index in [0.29, 0.717) is 5.56 Å². The molecular formula is C23H26N2O4. The van der Waals surface area contributed by atoms with E-state index in [1.807, 2.05) is 13.0 Å². The summed E-state index contributed by atoms with van der Waals surface area (Å²) in [6, 6.07) is 14.7. The minimum atomic E-state index is -0.661. The molecule has 29 heavy (non-hydrogen) atoms. The first-order valence-corrected chi connectivity index (χ1v) is 9.93. The molecule has 0 radical (unpaired) electrons. The lowest BCUT2D eigenvalue weighted by atomic mass is 9.89. The average molecular weight is 394 g/mol. The van der Waals surface area contributed by atoms with Gasteiger partial charge in [0.25, 0.3) is 11.8 Å². The van der Waals surface area contributed by atoms with Crippen LogP contribution in [0.5, 0.6) is 0 Å². The van der Waals surface area contributed by atoms with Gasteiger partial charge in [0.2, 0.25) is 0 Å². The molecule has 0 unspecified atom stereocenters. The molecule has 0 bridgehead atoms. The lowest BCUT2D eigenvalue weighted by molar-refractivity contribution is -0.147. The van der Waals surface area contributed by atoms with Crippen molar-refractivity contribution in [3.8, 4) is 0 Å². The second-order valence-electron chi connectivity index (χ2n) is 7.23. The minimum absolute atomic E-state index is 0.175. The van der Waals surface area contributed by atoms with Crippen LogP contribution in [0.3, 0.4) is 0 Å². The summed E-state index contributed by atoms with van der Waals surface area (Å²) in [5, 5.41) is 5.32. The number of carbonyl (C=O) groups is 3. The van der Waals surface area contributed by atoms with E-state index in [4.69, 9.17) is 4.74 Å². The van der Waals surface area contributed by atoms with Gasteiger partial charge in [-0.15, -0.1) is 0 Å². The fourth-order valence-electron chi connectivity index (χ4n) is 3.43. The van der Waals surface area contributed by atoms with Crippen molar-refractivity contribution in [1.29, 1.82) is 0 Å². The second-order valence-corrected chi connectivity index (χ2v) is 7.23. The third-order valence-corrected chi connectivity index (χ3v) is 5.04. The number of benzene rings is 2. The van der Waals surface area contributed by atoms with Gasteiger partial charge in [-0.1, -0.05) is 36.4 Å². The molecule has 2 amide bonds. The Labute approximate surface area is 170 Å². The molecule has 0 saturated carbocycles. The number of carbonyl (C=O) groups excluding carboxylic acids is 3. The molecule has 2 N–H and O–H groups in total. The van der Waals surface area contributed by atoms with Gasteiger partial charge in [0.15, 0.2) is 6.61 Å². The van der Waals surface area contributed by atoms with Crippen molar-refractivity contribution in [3.05, 3.63) is 70.8 Å². The van der Waals surface area contributed by atoms with Crippen molar-refractivity contribution < 1.29 is 19.1 Å². The summed E-state index contributed by atoms with van der Waals surface area (Å²) in [4.78, 5) is 35.8. The summed E-state index contributed by atoms with van der Waals surface area (Å²) in [6.07, 6.45) is 4.63. The van der Waals surface area contributed by atoms with Gasteiger partial charge in [-0.3, -0.25) is 14.4 Å². The third kappa shape index (κ3) is 5.91. The lowest BCUT2D eigenvalue weighted by Crippen LogP contribution is -2.34. The van der Waals surface area contributed by atoms with E-state index >= 15 is 0 Å². The van der Waals surface area contributed by atoms with E-state index in [0.717, 1.165) is 18.4 Å². The monoisotopic (exact) mass is 394 g/mol. The van der Waals surface area contributed by atoms with Gasteiger partial charge < -0.3 is 15.4 Å². The maximum absolute atomic E-state index is 12.1. The number of nitrogens with one attached hydrogen (secondary N) is 2. The lowest BCUT2D eigenvalue weighted by Gasteiger charge is -2.20. The zero-order valence-corrected chi connectivity index (χ0v) is 16.6. The minimum Gasteiger partial charge on any atom is -0.454 e. The van der Waals surface area contributed by atoms with E-state index in [1.54, 1.807) is 30.3 Å². The van der Waals surface area contributed by atoms with Crippen LogP contribution in [-0.2, 0) is 27.2 Å². The topological polar surface area (TPSA) is 84.5 Å². The standard InChI is InChI=1S/C23H26N2O4/c1-16(19-12-11-17-7-5-6-10-20(17)13-19)25-21(26)15-29-22(27)14-24-23(28)18-8-3-2-4-9-18/h2-4,8-9,11-13,16H,5-7,10,14-15H2,1H3,(H,24,28)(H,25,26)/t16-/m1/s1. The molecule has 0 heterocycles. The molecule has 1 aliphatic rings. The Hall–Kier alpha value is -3.15. The quantitative estimate of drug-likeness (QED) is 0.707. The van der Waals surface area contributed by atoms with E-state index in [9.17, 15) is 14.4 Å². The zero-order chi connectivity index (χ0) is 20.6. The van der Waals surface area contributed by atoms with Crippen LogP contribution in [0.2, 0.25) is 0 Å². The van der Waals surface area contributed by atoms with Crippen LogP contribution in [0.15, 0.2) is 48.5 Å². The highest BCUT2D eigenvalue weighted by atomic mass is 16.5. The van der Waals surface area contributed by atoms with Gasteiger partial charge in [0.05, 0.1) is 6.04 Å². The fraction of sp³-hybridized carbons (Fsp3) is 0.348. The Morgan fingerprint density at radius 2 is 1.72 bits per heavy atom. The van der Waals surface area contributed by atoms with Crippen LogP contribution in [0.4, 0.5) is 0 Å². The number of rotatable bonds is 7. The highest BCUT2D eigenvalue weighted by Crippen LogP contribution is 2.24. The maximum Gasteiger partial charge on any atom is 0.325 e. The van der Waals surface area contributed by atoms with Gasteiger partial charge in [0.1, 0.15) is 6.54 Å². The van der Waals surface area contributed by atoms with E-state index in [2.05, 4.69) is 22.8 Å². The van der Waals surface area contributed by atoms with Crippen molar-refractivity contribution in [3.63, 3.8) is 0 Å². The van der Waals surface area contributed by atoms with E-state index in [-0.39, 0.29) is 31.0 Å². The van der Waals surface area contributed by atoms with Gasteiger partial charge in [-0.2, -0.15) is 0 Å². The van der Waals surface area contributed by atoms with E-state index < -0.39 is 5.97 Å². The smallest absolute Gasteiger partial charge is 0.325 e. The van der Waals surface area contributed by atoms with Gasteiger partial charge in [-0.25, -0.2) is 0 Å². The second kappa shape index (κ2) is 9.87. The number of hydrogen-bond donors (Lipinski definition) is 2. The third-order valence-electron chi connectivity index (χ3n) is 5.04. The summed E-state index contributed by atoms with van der Waals surface area (Å²) in [6.45, 7) is 1.24. The van der Waals surface area contributed by atoms with Crippen LogP contribution >= 0.6 is 0 Å². The van der Waals surface area contributed by atoms with Gasteiger partial charge in [-0.05, 0) is 61.4 Å². The Kier molecular flexibility index (Phi) is 7.00. The number of ether oxygens (including phenoxy) is 1. The summed E-state index contributed by atoms with van der Waals surface area (Å²) < 4.78 is 4.95. The zero-order valence-electron chi connectivity index (χ0n) is 16.6. The van der Waals surface area contributed by atoms with Crippen molar-refractivity contribution in [2.45, 2.75) is 38.6 Å². The molecule has 3 rings (SSSR count). The summed E-state index contributed by atoms with van der Waals surface area (Å²) in [5.74, 6) is -1.41. The molecule has 2 aromatic carbocycles. The molecule has 6 heteroatoms. The maximum atomic E-state index is 12.1. The molecule has 2 aromatic rings. The van der Waals surface area contributed by atoms with Crippen LogP contribution in [0, 0.1) is 0 Å². The molecule has 0 saturated heterocycles. The number of amides is 2. The molecule has 0 fully saturated rings. The molecule has 1 aliphatic carbocycles. The van der Waals surface area contributed by atoms with Crippen molar-refractivity contribution in [2.75, 3.05) is 13.2 Å². The highest BCUT2D eigenvalue weighted by molar-refractivity contribution is 5.96. The average Bonchev–Trinajstić information content (AvgIpc) is 2.76. The fourth-order valence-corrected chi connectivity index (χ4v) is 3.43. The number of esters is 1. The number of aryl methyl sites for hydroxylation is 2. The molecular weight excluding hydrogens is 368 g/mol. The molecule has 6 nitrogen and oxygen atoms in total. The number of fused-ring (bicyclic) bond motifs is 1. The number of hydrogen-bond acceptors (Lipinski definition) is 4. The van der Waals surface area contributed by atoms with Crippen molar-refractivity contribution in [2.24, 2.45) is 0 Å². The van der Waals surface area contributed by atoms with Crippen LogP contribution in [-0.4, -0.2) is 30.9 Å². The SMILES string of the molecule is C[C@@H](NC(=O)COC(=O)CNC(=O)c1ccccc1)c1ccc2c(c1)CCCC2. The Morgan fingerprint density at radius 3 is 2.48 bits per heavy atom.